The number of carboxylic acid groups (broad SMARTS) is 1. The first-order valence-electron chi connectivity index (χ1n) is 24.3. The summed E-state index contributed by atoms with van der Waals surface area (Å²) in [7, 11) is -3.06. The number of rotatable bonds is 11. The molecule has 1 aliphatic heterocycles. The molecule has 14 atom stereocenters. The second-order valence-electron chi connectivity index (χ2n) is 24.1. The normalized spacial score (nSPS) is 43.4. The predicted molar refractivity (Wildman–Crippen MR) is 238 cm³/mol. The van der Waals surface area contributed by atoms with Gasteiger partial charge >= 0.3 is 18.0 Å². The number of amides is 1. The van der Waals surface area contributed by atoms with Gasteiger partial charge in [0, 0.05) is 42.7 Å². The van der Waals surface area contributed by atoms with Crippen LogP contribution in [0.2, 0.25) is 0 Å². The van der Waals surface area contributed by atoms with Crippen molar-refractivity contribution in [3.8, 4) is 0 Å². The second-order valence-corrected chi connectivity index (χ2v) is 26.4. The van der Waals surface area contributed by atoms with E-state index in [-0.39, 0.29) is 74.9 Å². The molecule has 6 aliphatic carbocycles. The van der Waals surface area contributed by atoms with Gasteiger partial charge in [0.2, 0.25) is 0 Å². The molecule has 11 nitrogen and oxygen atoms in total. The summed E-state index contributed by atoms with van der Waals surface area (Å²) in [6.45, 7) is 28.7. The molecule has 6 saturated carbocycles. The van der Waals surface area contributed by atoms with Crippen LogP contribution in [-0.4, -0.2) is 97.4 Å². The van der Waals surface area contributed by atoms with Crippen molar-refractivity contribution in [2.24, 2.45) is 74.4 Å². The molecule has 7 aliphatic rings. The number of alkyl carbamates (subject to hydrolysis) is 1. The number of ether oxygens (including phenoxy) is 2. The van der Waals surface area contributed by atoms with Gasteiger partial charge in [0.15, 0.2) is 9.84 Å². The van der Waals surface area contributed by atoms with E-state index in [1.165, 1.54) is 32.1 Å². The lowest BCUT2D eigenvalue weighted by Gasteiger charge is -2.73. The first kappa shape index (κ1) is 47.1. The molecule has 61 heavy (non-hydrogen) atoms. The molecule has 12 heteroatoms. The van der Waals surface area contributed by atoms with Gasteiger partial charge in [-0.05, 0) is 149 Å². The van der Waals surface area contributed by atoms with Gasteiger partial charge in [0.1, 0.15) is 6.10 Å². The Hall–Kier alpha value is -1.92. The summed E-state index contributed by atoms with van der Waals surface area (Å²) >= 11 is 0. The molecule has 1 saturated heterocycles. The Morgan fingerprint density at radius 1 is 0.770 bits per heavy atom. The Balaban J connectivity index is 1.11. The summed E-state index contributed by atoms with van der Waals surface area (Å²) < 4.78 is 37.0. The van der Waals surface area contributed by atoms with Crippen LogP contribution < -0.4 is 10.6 Å². The summed E-state index contributed by atoms with van der Waals surface area (Å²) in [5, 5.41) is 17.1. The lowest BCUT2D eigenvalue weighted by Crippen LogP contribution is -2.69. The highest BCUT2D eigenvalue weighted by molar-refractivity contribution is 7.91. The van der Waals surface area contributed by atoms with Crippen molar-refractivity contribution in [3.63, 3.8) is 0 Å². The highest BCUT2D eigenvalue weighted by Gasteiger charge is 2.71. The largest absolute Gasteiger partial charge is 0.481 e. The summed E-state index contributed by atoms with van der Waals surface area (Å²) in [5.74, 6) is 1.71. The third-order valence-corrected chi connectivity index (χ3v) is 21.8. The molecule has 0 aromatic carbocycles. The molecule has 0 radical (unpaired) electrons. The SMILES string of the molecule is CC(C)OC(=O)NC(C)C(CN[C@]12CC[C@@H](C(C)C)[C@@H]1[C@H]1CC[C@@H]3[C@@]4(C)CC[C@H](OC(=O)[C@H]5C[C@@H](C(=O)O)C5(C)C)C(C)(C)[C@@H]4CC[C@@]3(C)[C@]1(C)CC2)N1CCS(=O)(=O)CC1. The van der Waals surface area contributed by atoms with Crippen LogP contribution in [0.25, 0.3) is 0 Å². The molecule has 348 valence electrons. The van der Waals surface area contributed by atoms with Crippen LogP contribution in [0.3, 0.4) is 0 Å². The monoisotopic (exact) mass is 874 g/mol. The number of nitrogens with zero attached hydrogens (tertiary/aromatic N) is 1. The van der Waals surface area contributed by atoms with Crippen molar-refractivity contribution in [1.82, 2.24) is 15.5 Å². The predicted octanol–water partition coefficient (Wildman–Crippen LogP) is 8.35. The summed E-state index contributed by atoms with van der Waals surface area (Å²) in [6.07, 6.45) is 10.9. The fourth-order valence-corrected chi connectivity index (χ4v) is 17.6. The molecule has 0 bridgehead atoms. The van der Waals surface area contributed by atoms with Gasteiger partial charge in [-0.2, -0.15) is 0 Å². The minimum absolute atomic E-state index is 0.00883. The smallest absolute Gasteiger partial charge is 0.407 e. The zero-order valence-electron chi connectivity index (χ0n) is 39.9. The molecule has 0 spiro atoms. The maximum Gasteiger partial charge on any atom is 0.407 e. The highest BCUT2D eigenvalue weighted by atomic mass is 32.2. The van der Waals surface area contributed by atoms with Crippen LogP contribution in [0.5, 0.6) is 0 Å². The maximum absolute atomic E-state index is 13.7. The number of fused-ring (bicyclic) bond motifs is 7. The first-order chi connectivity index (χ1) is 28.2. The fourth-order valence-electron chi connectivity index (χ4n) is 16.4. The van der Waals surface area contributed by atoms with Gasteiger partial charge in [-0.1, -0.05) is 62.3 Å². The average Bonchev–Trinajstić information content (AvgIpc) is 3.53. The van der Waals surface area contributed by atoms with Crippen molar-refractivity contribution < 1.29 is 37.4 Å². The van der Waals surface area contributed by atoms with E-state index >= 15 is 0 Å². The van der Waals surface area contributed by atoms with E-state index in [1.54, 1.807) is 0 Å². The van der Waals surface area contributed by atoms with Crippen LogP contribution in [-0.2, 0) is 28.9 Å². The Morgan fingerprint density at radius 2 is 1.44 bits per heavy atom. The number of esters is 1. The average molecular weight is 874 g/mol. The molecule has 2 unspecified atom stereocenters. The number of hydrogen-bond acceptors (Lipinski definition) is 9. The number of carbonyl (C=O) groups excluding carboxylic acids is 2. The number of nitrogens with one attached hydrogen (secondary N) is 2. The minimum atomic E-state index is -3.06. The molecular weight excluding hydrogens is 791 g/mol. The highest BCUT2D eigenvalue weighted by Crippen LogP contribution is 2.76. The Labute approximate surface area is 368 Å². The zero-order valence-corrected chi connectivity index (χ0v) is 40.7. The van der Waals surface area contributed by atoms with E-state index in [0.29, 0.717) is 61.6 Å². The molecule has 0 aromatic heterocycles. The van der Waals surface area contributed by atoms with Crippen molar-refractivity contribution in [3.05, 3.63) is 0 Å². The number of sulfone groups is 1. The lowest BCUT2D eigenvalue weighted by atomic mass is 9.32. The van der Waals surface area contributed by atoms with Gasteiger partial charge in [-0.15, -0.1) is 0 Å². The van der Waals surface area contributed by atoms with Gasteiger partial charge < -0.3 is 25.2 Å². The zero-order chi connectivity index (χ0) is 44.9. The molecule has 7 rings (SSSR count). The third-order valence-electron chi connectivity index (χ3n) is 20.2. The molecular formula is C49H83N3O8S. The number of carboxylic acids is 1. The number of carbonyl (C=O) groups is 3. The summed E-state index contributed by atoms with van der Waals surface area (Å²) in [5.41, 5.74) is -0.310. The molecule has 7 fully saturated rings. The summed E-state index contributed by atoms with van der Waals surface area (Å²) in [6, 6.07) is -0.298. The van der Waals surface area contributed by atoms with Crippen molar-refractivity contribution >= 4 is 27.9 Å². The van der Waals surface area contributed by atoms with Gasteiger partial charge in [0.05, 0.1) is 29.4 Å². The minimum Gasteiger partial charge on any atom is -0.481 e. The van der Waals surface area contributed by atoms with E-state index in [4.69, 9.17) is 9.47 Å². The Morgan fingerprint density at radius 3 is 2.05 bits per heavy atom. The topological polar surface area (TPSA) is 151 Å². The molecule has 0 aromatic rings. The van der Waals surface area contributed by atoms with Crippen LogP contribution >= 0.6 is 0 Å². The van der Waals surface area contributed by atoms with Gasteiger partial charge in [0.25, 0.3) is 0 Å². The number of aliphatic carboxylic acids is 1. The molecule has 1 amide bonds. The quantitative estimate of drug-likeness (QED) is 0.173. The van der Waals surface area contributed by atoms with Crippen molar-refractivity contribution in [1.29, 1.82) is 0 Å². The Kier molecular flexibility index (Phi) is 12.5. The van der Waals surface area contributed by atoms with Crippen molar-refractivity contribution in [2.45, 2.75) is 184 Å². The van der Waals surface area contributed by atoms with Crippen LogP contribution in [0.4, 0.5) is 4.79 Å². The van der Waals surface area contributed by atoms with E-state index in [1.807, 2.05) is 34.6 Å². The van der Waals surface area contributed by atoms with E-state index in [0.717, 1.165) is 32.1 Å². The standard InChI is InChI=1S/C49H83N3O8S/c1-29(2)32-15-20-49(50-28-36(31(5)51-43(56)59-30(3)4)52-23-25-61(57,58)26-24-52)22-21-47(11)33(40(32)49)13-14-38-46(10)18-17-39(45(8,9)37(46)16-19-48(38,47)12)60-42(55)35-27-34(41(53)54)44(35,6)7/h29-40,50H,13-28H2,1-12H3,(H,51,56)(H,53,54)/t31?,32-,33+,34-,35+,36?,37-,38+,39-,40+,46-,47+,48+,49-/m0/s1. The van der Waals surface area contributed by atoms with Crippen LogP contribution in [0.1, 0.15) is 154 Å². The number of hydrogen-bond donors (Lipinski definition) is 3. The third kappa shape index (κ3) is 7.79. The molecule has 3 N–H and O–H groups in total. The fraction of sp³-hybridized carbons (Fsp3) is 0.939. The molecule has 1 heterocycles. The first-order valence-corrected chi connectivity index (χ1v) is 26.2. The van der Waals surface area contributed by atoms with Gasteiger partial charge in [-0.25, -0.2) is 13.2 Å². The maximum atomic E-state index is 13.7. The van der Waals surface area contributed by atoms with E-state index in [2.05, 4.69) is 64.0 Å². The summed E-state index contributed by atoms with van der Waals surface area (Å²) in [4.78, 5) is 40.7. The van der Waals surface area contributed by atoms with Crippen molar-refractivity contribution in [2.75, 3.05) is 31.1 Å². The van der Waals surface area contributed by atoms with E-state index in [9.17, 15) is 27.9 Å². The van der Waals surface area contributed by atoms with Crippen LogP contribution in [0.15, 0.2) is 0 Å². The Bertz CT molecular complexity index is 1790. The second kappa shape index (κ2) is 16.2. The van der Waals surface area contributed by atoms with E-state index < -0.39 is 33.2 Å². The lowest BCUT2D eigenvalue weighted by molar-refractivity contribution is -0.249. The van der Waals surface area contributed by atoms with Gasteiger partial charge in [-0.3, -0.25) is 14.5 Å². The van der Waals surface area contributed by atoms with Crippen LogP contribution in [0, 0.1) is 74.4 Å².